The highest BCUT2D eigenvalue weighted by molar-refractivity contribution is 5.81. The summed E-state index contributed by atoms with van der Waals surface area (Å²) >= 11 is 0. The van der Waals surface area contributed by atoms with Crippen LogP contribution in [0.1, 0.15) is 12.0 Å². The molecule has 0 saturated carbocycles. The summed E-state index contributed by atoms with van der Waals surface area (Å²) in [7, 11) is 1.66. The van der Waals surface area contributed by atoms with Gasteiger partial charge in [0.1, 0.15) is 5.82 Å². The molecule has 0 radical (unpaired) electrons. The van der Waals surface area contributed by atoms with E-state index in [0.717, 1.165) is 41.3 Å². The Morgan fingerprint density at radius 2 is 1.57 bits per heavy atom. The Morgan fingerprint density at radius 3 is 2.39 bits per heavy atom. The SMILES string of the molecule is COc1ccccc1OCCCn1c(-c2ccccc2C)nc2ccccc21. The van der Waals surface area contributed by atoms with Crippen molar-refractivity contribution in [3.63, 3.8) is 0 Å². The number of nitrogens with zero attached hydrogens (tertiary/aromatic N) is 2. The highest BCUT2D eigenvalue weighted by Crippen LogP contribution is 2.28. The quantitative estimate of drug-likeness (QED) is 0.403. The van der Waals surface area contributed by atoms with Crippen molar-refractivity contribution in [2.24, 2.45) is 0 Å². The van der Waals surface area contributed by atoms with Crippen LogP contribution in [0.3, 0.4) is 0 Å². The molecule has 0 aliphatic rings. The van der Waals surface area contributed by atoms with E-state index in [4.69, 9.17) is 14.5 Å². The third-order valence-corrected chi connectivity index (χ3v) is 4.89. The molecule has 0 unspecified atom stereocenters. The first-order chi connectivity index (χ1) is 13.8. The highest BCUT2D eigenvalue weighted by atomic mass is 16.5. The summed E-state index contributed by atoms with van der Waals surface area (Å²) in [5.74, 6) is 2.55. The number of fused-ring (bicyclic) bond motifs is 1. The number of hydrogen-bond acceptors (Lipinski definition) is 3. The smallest absolute Gasteiger partial charge is 0.161 e. The third-order valence-electron chi connectivity index (χ3n) is 4.89. The van der Waals surface area contributed by atoms with Crippen molar-refractivity contribution in [2.45, 2.75) is 19.9 Å². The summed E-state index contributed by atoms with van der Waals surface area (Å²) in [6.45, 7) is 3.57. The Labute approximate surface area is 165 Å². The lowest BCUT2D eigenvalue weighted by molar-refractivity contribution is 0.283. The zero-order chi connectivity index (χ0) is 19.3. The van der Waals surface area contributed by atoms with E-state index in [-0.39, 0.29) is 0 Å². The van der Waals surface area contributed by atoms with Gasteiger partial charge in [-0.2, -0.15) is 0 Å². The third kappa shape index (κ3) is 3.58. The maximum Gasteiger partial charge on any atom is 0.161 e. The number of imidazole rings is 1. The zero-order valence-corrected chi connectivity index (χ0v) is 16.3. The maximum atomic E-state index is 5.95. The maximum absolute atomic E-state index is 5.95. The van der Waals surface area contributed by atoms with Crippen LogP contribution in [0.25, 0.3) is 22.4 Å². The molecule has 0 amide bonds. The average Bonchev–Trinajstić information content (AvgIpc) is 3.10. The molecule has 0 spiro atoms. The van der Waals surface area contributed by atoms with Gasteiger partial charge < -0.3 is 14.0 Å². The fourth-order valence-electron chi connectivity index (χ4n) is 3.47. The average molecular weight is 372 g/mol. The van der Waals surface area contributed by atoms with E-state index in [1.807, 2.05) is 30.3 Å². The van der Waals surface area contributed by atoms with Gasteiger partial charge in [0.25, 0.3) is 0 Å². The second-order valence-corrected chi connectivity index (χ2v) is 6.74. The van der Waals surface area contributed by atoms with Gasteiger partial charge in [0.2, 0.25) is 0 Å². The number of methoxy groups -OCH3 is 1. The van der Waals surface area contributed by atoms with Crippen molar-refractivity contribution < 1.29 is 9.47 Å². The number of rotatable bonds is 7. The molecule has 28 heavy (non-hydrogen) atoms. The van der Waals surface area contributed by atoms with E-state index in [1.54, 1.807) is 7.11 Å². The zero-order valence-electron chi connectivity index (χ0n) is 16.3. The van der Waals surface area contributed by atoms with Crippen molar-refractivity contribution in [1.82, 2.24) is 9.55 Å². The Morgan fingerprint density at radius 1 is 0.857 bits per heavy atom. The van der Waals surface area contributed by atoms with Gasteiger partial charge in [-0.1, -0.05) is 48.5 Å². The largest absolute Gasteiger partial charge is 0.493 e. The lowest BCUT2D eigenvalue weighted by atomic mass is 10.1. The number of ether oxygens (including phenoxy) is 2. The fraction of sp³-hybridized carbons (Fsp3) is 0.208. The van der Waals surface area contributed by atoms with E-state index >= 15 is 0 Å². The van der Waals surface area contributed by atoms with E-state index in [0.29, 0.717) is 6.61 Å². The molecule has 1 aromatic heterocycles. The lowest BCUT2D eigenvalue weighted by Crippen LogP contribution is -2.07. The number of para-hydroxylation sites is 4. The van der Waals surface area contributed by atoms with Crippen LogP contribution in [0.5, 0.6) is 11.5 Å². The summed E-state index contributed by atoms with van der Waals surface area (Å²) < 4.78 is 13.6. The molecule has 4 aromatic rings. The number of aryl methyl sites for hydroxylation is 2. The molecule has 4 heteroatoms. The molecule has 0 saturated heterocycles. The molecule has 142 valence electrons. The van der Waals surface area contributed by atoms with Crippen molar-refractivity contribution in [2.75, 3.05) is 13.7 Å². The molecule has 0 aliphatic carbocycles. The predicted octanol–water partition coefficient (Wildman–Crippen LogP) is 5.49. The minimum atomic E-state index is 0.611. The predicted molar refractivity (Wildman–Crippen MR) is 113 cm³/mol. The first kappa shape index (κ1) is 18.1. The molecule has 0 atom stereocenters. The molecule has 0 fully saturated rings. The van der Waals surface area contributed by atoms with Crippen LogP contribution < -0.4 is 9.47 Å². The van der Waals surface area contributed by atoms with Crippen LogP contribution in [-0.2, 0) is 6.54 Å². The summed E-state index contributed by atoms with van der Waals surface area (Å²) in [6, 6.07) is 24.4. The van der Waals surface area contributed by atoms with Gasteiger partial charge in [0, 0.05) is 12.1 Å². The van der Waals surface area contributed by atoms with Gasteiger partial charge in [-0.05, 0) is 43.2 Å². The van der Waals surface area contributed by atoms with E-state index < -0.39 is 0 Å². The van der Waals surface area contributed by atoms with Gasteiger partial charge in [-0.25, -0.2) is 4.98 Å². The van der Waals surface area contributed by atoms with Gasteiger partial charge >= 0.3 is 0 Å². The van der Waals surface area contributed by atoms with Gasteiger partial charge in [-0.15, -0.1) is 0 Å². The molecular weight excluding hydrogens is 348 g/mol. The lowest BCUT2D eigenvalue weighted by Gasteiger charge is -2.13. The van der Waals surface area contributed by atoms with Gasteiger partial charge in [0.15, 0.2) is 11.5 Å². The van der Waals surface area contributed by atoms with Crippen molar-refractivity contribution in [1.29, 1.82) is 0 Å². The van der Waals surface area contributed by atoms with Gasteiger partial charge in [-0.3, -0.25) is 0 Å². The molecule has 0 bridgehead atoms. The summed E-state index contributed by atoms with van der Waals surface area (Å²) in [5.41, 5.74) is 4.57. The first-order valence-corrected chi connectivity index (χ1v) is 9.55. The van der Waals surface area contributed by atoms with Gasteiger partial charge in [0.05, 0.1) is 24.8 Å². The summed E-state index contributed by atoms with van der Waals surface area (Å²) in [4.78, 5) is 4.91. The Balaban J connectivity index is 1.56. The van der Waals surface area contributed by atoms with Crippen molar-refractivity contribution >= 4 is 11.0 Å². The summed E-state index contributed by atoms with van der Waals surface area (Å²) in [6.07, 6.45) is 0.872. The van der Waals surface area contributed by atoms with Crippen molar-refractivity contribution in [3.8, 4) is 22.9 Å². The molecule has 3 aromatic carbocycles. The Kier molecular flexibility index (Phi) is 5.29. The topological polar surface area (TPSA) is 36.3 Å². The van der Waals surface area contributed by atoms with E-state index in [2.05, 4.69) is 54.0 Å². The Bertz CT molecular complexity index is 1080. The van der Waals surface area contributed by atoms with E-state index in [1.165, 1.54) is 11.1 Å². The molecule has 1 heterocycles. The minimum absolute atomic E-state index is 0.611. The second kappa shape index (κ2) is 8.17. The van der Waals surface area contributed by atoms with Crippen molar-refractivity contribution in [3.05, 3.63) is 78.4 Å². The number of aromatic nitrogens is 2. The van der Waals surface area contributed by atoms with Crippen LogP contribution >= 0.6 is 0 Å². The molecule has 0 aliphatic heterocycles. The monoisotopic (exact) mass is 372 g/mol. The molecule has 4 rings (SSSR count). The highest BCUT2D eigenvalue weighted by Gasteiger charge is 2.13. The van der Waals surface area contributed by atoms with Crippen LogP contribution in [0.2, 0.25) is 0 Å². The summed E-state index contributed by atoms with van der Waals surface area (Å²) in [5, 5.41) is 0. The molecule has 4 nitrogen and oxygen atoms in total. The van der Waals surface area contributed by atoms with Crippen LogP contribution in [0.15, 0.2) is 72.8 Å². The fourth-order valence-corrected chi connectivity index (χ4v) is 3.47. The van der Waals surface area contributed by atoms with Crippen LogP contribution in [-0.4, -0.2) is 23.3 Å². The second-order valence-electron chi connectivity index (χ2n) is 6.74. The Hall–Kier alpha value is -3.27. The number of hydrogen-bond donors (Lipinski definition) is 0. The standard InChI is InChI=1S/C24H24N2O2/c1-18-10-3-4-11-19(18)24-25-20-12-5-6-13-21(20)26(24)16-9-17-28-23-15-8-7-14-22(23)27-2/h3-8,10-15H,9,16-17H2,1-2H3. The minimum Gasteiger partial charge on any atom is -0.493 e. The number of benzene rings is 3. The molecule has 0 N–H and O–H groups in total. The normalized spacial score (nSPS) is 10.9. The van der Waals surface area contributed by atoms with Crippen LogP contribution in [0.4, 0.5) is 0 Å². The first-order valence-electron chi connectivity index (χ1n) is 9.55. The van der Waals surface area contributed by atoms with Crippen LogP contribution in [0, 0.1) is 6.92 Å². The molecular formula is C24H24N2O2. The van der Waals surface area contributed by atoms with E-state index in [9.17, 15) is 0 Å².